The Morgan fingerprint density at radius 2 is 1.54 bits per heavy atom. The predicted octanol–water partition coefficient (Wildman–Crippen LogP) is 6.17. The van der Waals surface area contributed by atoms with Gasteiger partial charge in [0.15, 0.2) is 11.6 Å². The SMILES string of the molecule is O=C(Nc1cccc(Nc2ccc3c(c2)NC(=O)/C3=C/c2ccc[nH]2)c1)Nc1ccc(F)c(F)c1. The lowest BCUT2D eigenvalue weighted by atomic mass is 10.1. The second kappa shape index (κ2) is 9.14. The molecule has 0 saturated carbocycles. The smallest absolute Gasteiger partial charge is 0.323 e. The number of anilines is 5. The number of aromatic amines is 1. The fraction of sp³-hybridized carbons (Fsp3) is 0. The lowest BCUT2D eigenvalue weighted by Crippen LogP contribution is -2.19. The predicted molar refractivity (Wildman–Crippen MR) is 132 cm³/mol. The molecule has 0 aliphatic carbocycles. The molecule has 0 atom stereocenters. The average Bonchev–Trinajstić information content (AvgIpc) is 3.44. The van der Waals surface area contributed by atoms with Crippen molar-refractivity contribution in [1.82, 2.24) is 4.98 Å². The molecular formula is C26H19F2N5O2. The number of urea groups is 1. The Labute approximate surface area is 198 Å². The first kappa shape index (κ1) is 21.9. The Kier molecular flexibility index (Phi) is 5.72. The molecule has 0 saturated heterocycles. The number of hydrogen-bond donors (Lipinski definition) is 5. The van der Waals surface area contributed by atoms with E-state index in [1.807, 2.05) is 36.4 Å². The fourth-order valence-corrected chi connectivity index (χ4v) is 3.71. The van der Waals surface area contributed by atoms with Crippen LogP contribution in [0.25, 0.3) is 11.6 Å². The number of amides is 3. The standard InChI is InChI=1S/C26H19F2N5O2/c27-22-9-7-18(13-23(22)28)32-26(35)31-17-4-1-3-16(11-17)30-19-6-8-20-21(12-15-5-2-10-29-15)25(34)33-24(20)14-19/h1-14,29-30H,(H,33,34)(H2,31,32,35)/b21-12+. The Bertz CT molecular complexity index is 1460. The summed E-state index contributed by atoms with van der Waals surface area (Å²) in [6.45, 7) is 0. The van der Waals surface area contributed by atoms with Crippen LogP contribution in [0.15, 0.2) is 79.0 Å². The largest absolute Gasteiger partial charge is 0.362 e. The van der Waals surface area contributed by atoms with Crippen molar-refractivity contribution < 1.29 is 18.4 Å². The Morgan fingerprint density at radius 3 is 2.31 bits per heavy atom. The van der Waals surface area contributed by atoms with E-state index in [9.17, 15) is 18.4 Å². The zero-order valence-corrected chi connectivity index (χ0v) is 18.2. The molecule has 2 heterocycles. The number of carbonyl (C=O) groups is 2. The molecule has 0 unspecified atom stereocenters. The summed E-state index contributed by atoms with van der Waals surface area (Å²) in [6.07, 6.45) is 3.59. The minimum absolute atomic E-state index is 0.126. The van der Waals surface area contributed by atoms with Crippen LogP contribution < -0.4 is 21.3 Å². The second-order valence-corrected chi connectivity index (χ2v) is 7.81. The zero-order valence-electron chi connectivity index (χ0n) is 18.2. The molecule has 174 valence electrons. The molecule has 1 aromatic heterocycles. The summed E-state index contributed by atoms with van der Waals surface area (Å²) >= 11 is 0. The maximum absolute atomic E-state index is 13.3. The van der Waals surface area contributed by atoms with Crippen LogP contribution in [-0.4, -0.2) is 16.9 Å². The van der Waals surface area contributed by atoms with Gasteiger partial charge in [0.2, 0.25) is 0 Å². The molecule has 1 aliphatic heterocycles. The maximum Gasteiger partial charge on any atom is 0.323 e. The summed E-state index contributed by atoms with van der Waals surface area (Å²) in [5, 5.41) is 11.2. The molecule has 9 heteroatoms. The van der Waals surface area contributed by atoms with Crippen molar-refractivity contribution in [2.24, 2.45) is 0 Å². The fourth-order valence-electron chi connectivity index (χ4n) is 3.71. The van der Waals surface area contributed by atoms with Crippen molar-refractivity contribution >= 4 is 52.0 Å². The molecule has 0 fully saturated rings. The molecule has 5 N–H and O–H groups in total. The number of benzene rings is 3. The van der Waals surface area contributed by atoms with Gasteiger partial charge >= 0.3 is 6.03 Å². The lowest BCUT2D eigenvalue weighted by Gasteiger charge is -2.11. The summed E-state index contributed by atoms with van der Waals surface area (Å²) in [5.41, 5.74) is 4.96. The quantitative estimate of drug-likeness (QED) is 0.225. The van der Waals surface area contributed by atoms with E-state index in [-0.39, 0.29) is 11.6 Å². The maximum atomic E-state index is 13.3. The number of nitrogens with one attached hydrogen (secondary N) is 5. The molecule has 4 aromatic rings. The van der Waals surface area contributed by atoms with Crippen LogP contribution in [0.4, 0.5) is 42.0 Å². The third-order valence-electron chi connectivity index (χ3n) is 5.31. The normalized spacial score (nSPS) is 13.3. The van der Waals surface area contributed by atoms with Crippen LogP contribution in [0.2, 0.25) is 0 Å². The molecule has 0 bridgehead atoms. The van der Waals surface area contributed by atoms with E-state index in [0.29, 0.717) is 22.6 Å². The Hall–Kier alpha value is -4.92. The minimum atomic E-state index is -1.05. The molecule has 35 heavy (non-hydrogen) atoms. The van der Waals surface area contributed by atoms with Gasteiger partial charge in [0.05, 0.1) is 11.3 Å². The van der Waals surface area contributed by atoms with E-state index in [2.05, 4.69) is 26.3 Å². The van der Waals surface area contributed by atoms with Gasteiger partial charge in [0, 0.05) is 46.3 Å². The average molecular weight is 471 g/mol. The van der Waals surface area contributed by atoms with Crippen molar-refractivity contribution in [3.63, 3.8) is 0 Å². The number of carbonyl (C=O) groups excluding carboxylic acids is 2. The monoisotopic (exact) mass is 471 g/mol. The van der Waals surface area contributed by atoms with E-state index in [0.717, 1.165) is 29.1 Å². The van der Waals surface area contributed by atoms with Gasteiger partial charge < -0.3 is 26.3 Å². The molecule has 7 nitrogen and oxygen atoms in total. The highest BCUT2D eigenvalue weighted by atomic mass is 19.2. The third kappa shape index (κ3) is 4.88. The summed E-state index contributed by atoms with van der Waals surface area (Å²) < 4.78 is 26.4. The highest BCUT2D eigenvalue weighted by Gasteiger charge is 2.24. The van der Waals surface area contributed by atoms with Gasteiger partial charge in [-0.25, -0.2) is 13.6 Å². The molecule has 1 aliphatic rings. The van der Waals surface area contributed by atoms with E-state index >= 15 is 0 Å². The van der Waals surface area contributed by atoms with E-state index in [1.54, 1.807) is 30.5 Å². The number of rotatable bonds is 5. The first-order chi connectivity index (χ1) is 16.9. The van der Waals surface area contributed by atoms with Crippen LogP contribution in [-0.2, 0) is 4.79 Å². The molecule has 5 rings (SSSR count). The van der Waals surface area contributed by atoms with Crippen molar-refractivity contribution in [3.8, 4) is 0 Å². The minimum Gasteiger partial charge on any atom is -0.362 e. The highest BCUT2D eigenvalue weighted by Crippen LogP contribution is 2.35. The number of H-pyrrole nitrogens is 1. The third-order valence-corrected chi connectivity index (χ3v) is 5.31. The van der Waals surface area contributed by atoms with Gasteiger partial charge in [-0.3, -0.25) is 4.79 Å². The van der Waals surface area contributed by atoms with Crippen molar-refractivity contribution in [3.05, 3.63) is 102 Å². The van der Waals surface area contributed by atoms with Gasteiger partial charge in [-0.1, -0.05) is 12.1 Å². The van der Waals surface area contributed by atoms with E-state index < -0.39 is 17.7 Å². The van der Waals surface area contributed by atoms with Crippen molar-refractivity contribution in [2.75, 3.05) is 21.3 Å². The van der Waals surface area contributed by atoms with Gasteiger partial charge in [0.25, 0.3) is 5.91 Å². The second-order valence-electron chi connectivity index (χ2n) is 7.81. The number of hydrogen-bond acceptors (Lipinski definition) is 3. The topological polar surface area (TPSA) is 98.1 Å². The molecule has 3 aromatic carbocycles. The summed E-state index contributed by atoms with van der Waals surface area (Å²) in [6, 6.07) is 18.8. The summed E-state index contributed by atoms with van der Waals surface area (Å²) in [4.78, 5) is 27.7. The zero-order chi connectivity index (χ0) is 24.4. The summed E-state index contributed by atoms with van der Waals surface area (Å²) in [5.74, 6) is -2.22. The van der Waals surface area contributed by atoms with Crippen molar-refractivity contribution in [2.45, 2.75) is 0 Å². The van der Waals surface area contributed by atoms with Gasteiger partial charge in [-0.15, -0.1) is 0 Å². The first-order valence-electron chi connectivity index (χ1n) is 10.7. The van der Waals surface area contributed by atoms with Crippen LogP contribution >= 0.6 is 0 Å². The number of aromatic nitrogens is 1. The van der Waals surface area contributed by atoms with Gasteiger partial charge in [-0.05, 0) is 60.7 Å². The highest BCUT2D eigenvalue weighted by molar-refractivity contribution is 6.35. The molecule has 0 spiro atoms. The molecular weight excluding hydrogens is 452 g/mol. The van der Waals surface area contributed by atoms with Gasteiger partial charge in [-0.2, -0.15) is 0 Å². The van der Waals surface area contributed by atoms with E-state index in [1.165, 1.54) is 6.07 Å². The van der Waals surface area contributed by atoms with Crippen LogP contribution in [0.5, 0.6) is 0 Å². The van der Waals surface area contributed by atoms with Crippen LogP contribution in [0, 0.1) is 11.6 Å². The molecule has 3 amide bonds. The molecule has 0 radical (unpaired) electrons. The Morgan fingerprint density at radius 1 is 0.800 bits per heavy atom. The van der Waals surface area contributed by atoms with E-state index in [4.69, 9.17) is 0 Å². The van der Waals surface area contributed by atoms with Crippen LogP contribution in [0.3, 0.4) is 0 Å². The van der Waals surface area contributed by atoms with Crippen LogP contribution in [0.1, 0.15) is 11.3 Å². The lowest BCUT2D eigenvalue weighted by molar-refractivity contribution is -0.110. The first-order valence-corrected chi connectivity index (χ1v) is 10.7. The number of halogens is 2. The Balaban J connectivity index is 1.27. The summed E-state index contributed by atoms with van der Waals surface area (Å²) in [7, 11) is 0. The number of fused-ring (bicyclic) bond motifs is 1. The van der Waals surface area contributed by atoms with Gasteiger partial charge in [0.1, 0.15) is 0 Å². The van der Waals surface area contributed by atoms with Crippen molar-refractivity contribution in [1.29, 1.82) is 0 Å².